The number of aryl methyl sites for hydroxylation is 1. The molecule has 0 fully saturated rings. The lowest BCUT2D eigenvalue weighted by molar-refractivity contribution is 0.531. The molecule has 4 nitrogen and oxygen atoms in total. The van der Waals surface area contributed by atoms with E-state index in [1.807, 2.05) is 23.7 Å². The summed E-state index contributed by atoms with van der Waals surface area (Å²) in [7, 11) is 0. The molecule has 15 heavy (non-hydrogen) atoms. The zero-order valence-electron chi connectivity index (χ0n) is 8.35. The molecule has 2 aromatic rings. The zero-order chi connectivity index (χ0) is 10.8. The molecule has 0 amide bonds. The van der Waals surface area contributed by atoms with Crippen LogP contribution in [0.2, 0.25) is 0 Å². The van der Waals surface area contributed by atoms with Gasteiger partial charge in [-0.15, -0.1) is 0 Å². The number of aromatic nitrogens is 2. The molecule has 5 heteroatoms. The highest BCUT2D eigenvalue weighted by molar-refractivity contribution is 9.10. The van der Waals surface area contributed by atoms with Crippen molar-refractivity contribution in [1.29, 1.82) is 0 Å². The molecule has 2 aromatic heterocycles. The maximum Gasteiger partial charge on any atom is 0.174 e. The largest absolute Gasteiger partial charge is 0.457 e. The van der Waals surface area contributed by atoms with Crippen LogP contribution in [0.5, 0.6) is 0 Å². The smallest absolute Gasteiger partial charge is 0.174 e. The summed E-state index contributed by atoms with van der Waals surface area (Å²) >= 11 is 3.32. The lowest BCUT2D eigenvalue weighted by Crippen LogP contribution is -2.16. The second kappa shape index (κ2) is 4.20. The highest BCUT2D eigenvalue weighted by Crippen LogP contribution is 2.27. The first-order valence-electron chi connectivity index (χ1n) is 4.74. The van der Waals surface area contributed by atoms with Crippen molar-refractivity contribution in [2.45, 2.75) is 19.5 Å². The molecule has 1 unspecified atom stereocenters. The normalized spacial score (nSPS) is 13.0. The summed E-state index contributed by atoms with van der Waals surface area (Å²) in [5.74, 6) is 0. The Morgan fingerprint density at radius 2 is 2.40 bits per heavy atom. The lowest BCUT2D eigenvalue weighted by atomic mass is 10.1. The maximum absolute atomic E-state index is 6.13. The molecule has 80 valence electrons. The predicted molar refractivity (Wildman–Crippen MR) is 60.3 cm³/mol. The zero-order valence-corrected chi connectivity index (χ0v) is 9.94. The highest BCUT2D eigenvalue weighted by Gasteiger charge is 2.17. The van der Waals surface area contributed by atoms with Crippen LogP contribution in [0, 0.1) is 0 Å². The van der Waals surface area contributed by atoms with Crippen LogP contribution >= 0.6 is 15.9 Å². The number of furan rings is 1. The van der Waals surface area contributed by atoms with Crippen LogP contribution in [0.25, 0.3) is 0 Å². The molecule has 0 aliphatic heterocycles. The number of hydrogen-bond acceptors (Lipinski definition) is 3. The van der Waals surface area contributed by atoms with E-state index in [1.54, 1.807) is 12.5 Å². The molecule has 0 saturated carbocycles. The Kier molecular flexibility index (Phi) is 2.93. The van der Waals surface area contributed by atoms with E-state index >= 15 is 0 Å². The van der Waals surface area contributed by atoms with E-state index in [2.05, 4.69) is 21.0 Å². The molecule has 0 aromatic carbocycles. The molecule has 0 bridgehead atoms. The van der Waals surface area contributed by atoms with E-state index in [1.165, 1.54) is 0 Å². The summed E-state index contributed by atoms with van der Waals surface area (Å²) < 4.78 is 7.72. The number of nitrogens with zero attached hydrogens (tertiary/aromatic N) is 2. The maximum atomic E-state index is 6.13. The second-order valence-corrected chi connectivity index (χ2v) is 3.92. The third kappa shape index (κ3) is 1.85. The summed E-state index contributed by atoms with van der Waals surface area (Å²) in [4.78, 5) is 0. The first kappa shape index (κ1) is 10.4. The van der Waals surface area contributed by atoms with Crippen molar-refractivity contribution in [3.8, 4) is 0 Å². The van der Waals surface area contributed by atoms with Crippen molar-refractivity contribution in [3.63, 3.8) is 0 Å². The lowest BCUT2D eigenvalue weighted by Gasteiger charge is -2.11. The van der Waals surface area contributed by atoms with Gasteiger partial charge in [-0.1, -0.05) is 0 Å². The first-order chi connectivity index (χ1) is 7.24. The van der Waals surface area contributed by atoms with Gasteiger partial charge in [0.05, 0.1) is 18.0 Å². The van der Waals surface area contributed by atoms with E-state index in [0.717, 1.165) is 17.8 Å². The number of rotatable bonds is 3. The molecule has 2 heterocycles. The average molecular weight is 270 g/mol. The summed E-state index contributed by atoms with van der Waals surface area (Å²) in [6.07, 6.45) is 3.37. The van der Waals surface area contributed by atoms with Gasteiger partial charge < -0.3 is 10.2 Å². The van der Waals surface area contributed by atoms with E-state index in [4.69, 9.17) is 10.2 Å². The molecule has 0 saturated heterocycles. The molecule has 1 atom stereocenters. The van der Waals surface area contributed by atoms with Crippen LogP contribution in [0.3, 0.4) is 0 Å². The number of halogens is 1. The second-order valence-electron chi connectivity index (χ2n) is 3.20. The Morgan fingerprint density at radius 1 is 1.60 bits per heavy atom. The van der Waals surface area contributed by atoms with Crippen LogP contribution in [-0.2, 0) is 6.54 Å². The van der Waals surface area contributed by atoms with Crippen molar-refractivity contribution in [2.75, 3.05) is 0 Å². The van der Waals surface area contributed by atoms with Crippen molar-refractivity contribution in [1.82, 2.24) is 9.78 Å². The van der Waals surface area contributed by atoms with Crippen LogP contribution in [0.15, 0.2) is 33.7 Å². The average Bonchev–Trinajstić information content (AvgIpc) is 2.84. The van der Waals surface area contributed by atoms with E-state index in [9.17, 15) is 0 Å². The Bertz CT molecular complexity index is 449. The monoisotopic (exact) mass is 269 g/mol. The van der Waals surface area contributed by atoms with Gasteiger partial charge in [0.25, 0.3) is 0 Å². The molecule has 0 spiro atoms. The van der Waals surface area contributed by atoms with Crippen LogP contribution in [0.4, 0.5) is 0 Å². The van der Waals surface area contributed by atoms with Gasteiger partial charge in [-0.25, -0.2) is 0 Å². The molecule has 0 radical (unpaired) electrons. The van der Waals surface area contributed by atoms with Crippen molar-refractivity contribution < 1.29 is 4.42 Å². The Morgan fingerprint density at radius 3 is 3.00 bits per heavy atom. The minimum absolute atomic E-state index is 0.208. The minimum atomic E-state index is -0.208. The summed E-state index contributed by atoms with van der Waals surface area (Å²) in [6.45, 7) is 2.85. The SMILES string of the molecule is CCn1nccc1C(N)c1ccoc1Br. The number of nitrogens with two attached hydrogens (primary N) is 1. The van der Waals surface area contributed by atoms with Gasteiger partial charge in [-0.2, -0.15) is 5.10 Å². The highest BCUT2D eigenvalue weighted by atomic mass is 79.9. The first-order valence-corrected chi connectivity index (χ1v) is 5.53. The van der Waals surface area contributed by atoms with Crippen molar-refractivity contribution >= 4 is 15.9 Å². The molecule has 0 aliphatic carbocycles. The molecular weight excluding hydrogens is 258 g/mol. The molecule has 2 N–H and O–H groups in total. The summed E-state index contributed by atoms with van der Waals surface area (Å²) in [5.41, 5.74) is 8.05. The van der Waals surface area contributed by atoms with Gasteiger partial charge in [-0.3, -0.25) is 4.68 Å². The Hall–Kier alpha value is -1.07. The van der Waals surface area contributed by atoms with Crippen molar-refractivity contribution in [2.24, 2.45) is 5.73 Å². The van der Waals surface area contributed by atoms with Gasteiger partial charge in [0.2, 0.25) is 0 Å². The Balaban J connectivity index is 2.36. The fraction of sp³-hybridized carbons (Fsp3) is 0.300. The van der Waals surface area contributed by atoms with Crippen LogP contribution < -0.4 is 5.73 Å². The molecule has 0 aliphatic rings. The van der Waals surface area contributed by atoms with Gasteiger partial charge >= 0.3 is 0 Å². The predicted octanol–water partition coefficient (Wildman–Crippen LogP) is 2.31. The van der Waals surface area contributed by atoms with Crippen molar-refractivity contribution in [3.05, 3.63) is 40.5 Å². The fourth-order valence-corrected chi connectivity index (χ4v) is 2.04. The molecule has 2 rings (SSSR count). The number of hydrogen-bond donors (Lipinski definition) is 1. The van der Waals surface area contributed by atoms with Gasteiger partial charge in [0, 0.05) is 18.3 Å². The van der Waals surface area contributed by atoms with Crippen LogP contribution in [0.1, 0.15) is 24.2 Å². The Labute approximate surface area is 96.2 Å². The summed E-state index contributed by atoms with van der Waals surface area (Å²) in [5, 5.41) is 4.19. The fourth-order valence-electron chi connectivity index (χ4n) is 1.56. The van der Waals surface area contributed by atoms with Gasteiger partial charge in [0.1, 0.15) is 0 Å². The van der Waals surface area contributed by atoms with E-state index < -0.39 is 0 Å². The van der Waals surface area contributed by atoms with Gasteiger partial charge in [-0.05, 0) is 35.0 Å². The van der Waals surface area contributed by atoms with E-state index in [0.29, 0.717) is 4.67 Å². The third-order valence-electron chi connectivity index (χ3n) is 2.35. The third-order valence-corrected chi connectivity index (χ3v) is 2.99. The quantitative estimate of drug-likeness (QED) is 0.931. The standard InChI is InChI=1S/C10H12BrN3O/c1-2-14-8(3-5-13-14)9(12)7-4-6-15-10(7)11/h3-6,9H,2,12H2,1H3. The van der Waals surface area contributed by atoms with Crippen LogP contribution in [-0.4, -0.2) is 9.78 Å². The van der Waals surface area contributed by atoms with E-state index in [-0.39, 0.29) is 6.04 Å². The summed E-state index contributed by atoms with van der Waals surface area (Å²) in [6, 6.07) is 3.58. The topological polar surface area (TPSA) is 57.0 Å². The van der Waals surface area contributed by atoms with Gasteiger partial charge in [0.15, 0.2) is 4.67 Å². The molecular formula is C10H12BrN3O. The minimum Gasteiger partial charge on any atom is -0.457 e.